The van der Waals surface area contributed by atoms with E-state index >= 15 is 0 Å². The number of imidazole rings is 1. The molecule has 154 valence electrons. The third-order valence-corrected chi connectivity index (χ3v) is 5.15. The largest absolute Gasteiger partial charge is 0.469 e. The fraction of sp³-hybridized carbons (Fsp3) is 0.727. The van der Waals surface area contributed by atoms with Crippen LogP contribution in [0.4, 0.5) is 5.82 Å². The van der Waals surface area contributed by atoms with Crippen LogP contribution in [-0.2, 0) is 22.9 Å². The minimum absolute atomic E-state index is 0.0163. The first-order valence-corrected chi connectivity index (χ1v) is 10.9. The minimum Gasteiger partial charge on any atom is -0.357 e. The van der Waals surface area contributed by atoms with Gasteiger partial charge >= 0.3 is 15.6 Å². The van der Waals surface area contributed by atoms with Gasteiger partial charge < -0.3 is 29.6 Å². The van der Waals surface area contributed by atoms with E-state index in [9.17, 15) is 9.13 Å². The third kappa shape index (κ3) is 5.13. The molecule has 7 N–H and O–H groups in total. The predicted octanol–water partition coefficient (Wildman–Crippen LogP) is -1.05. The number of aromatic nitrogens is 2. The number of ether oxygens (including phenoxy) is 1. The Morgan fingerprint density at radius 3 is 2.74 bits per heavy atom. The van der Waals surface area contributed by atoms with Crippen molar-refractivity contribution >= 4 is 21.5 Å². The van der Waals surface area contributed by atoms with Gasteiger partial charge in [0.05, 0.1) is 19.6 Å². The van der Waals surface area contributed by atoms with E-state index in [-0.39, 0.29) is 12.6 Å². The molecule has 1 fully saturated rings. The molecule has 0 bridgehead atoms. The second kappa shape index (κ2) is 7.85. The Labute approximate surface area is 153 Å². The maximum atomic E-state index is 11.2. The van der Waals surface area contributed by atoms with E-state index < -0.39 is 40.7 Å². The maximum absolute atomic E-state index is 11.2. The second-order valence-electron chi connectivity index (χ2n) is 5.95. The molecule has 1 saturated heterocycles. The molecule has 1 aromatic rings. The third-order valence-electron chi connectivity index (χ3n) is 4.12. The molecule has 1 unspecified atom stereocenters. The molecule has 0 saturated carbocycles. The smallest absolute Gasteiger partial charge is 0.357 e. The molecule has 0 spiro atoms. The highest BCUT2D eigenvalue weighted by molar-refractivity contribution is 7.46. The molecule has 4 atom stereocenters. The van der Waals surface area contributed by atoms with Crippen molar-refractivity contribution in [2.75, 3.05) is 25.6 Å². The lowest BCUT2D eigenvalue weighted by Crippen LogP contribution is -2.40. The lowest BCUT2D eigenvalue weighted by Gasteiger charge is -2.26. The van der Waals surface area contributed by atoms with E-state index in [1.54, 1.807) is 11.6 Å². The van der Waals surface area contributed by atoms with E-state index in [1.807, 2.05) is 0 Å². The lowest BCUT2D eigenvalue weighted by atomic mass is 10.2. The Hall–Kier alpha value is -0.890. The van der Waals surface area contributed by atoms with Crippen molar-refractivity contribution < 1.29 is 42.5 Å². The van der Waals surface area contributed by atoms with Crippen molar-refractivity contribution in [1.82, 2.24) is 20.2 Å². The van der Waals surface area contributed by atoms with Gasteiger partial charge in [0.1, 0.15) is 36.1 Å². The minimum atomic E-state index is -4.85. The number of phosphoric ester groups is 2. The predicted molar refractivity (Wildman–Crippen MR) is 89.1 cm³/mol. The molecule has 0 aromatic carbocycles. The van der Waals surface area contributed by atoms with Gasteiger partial charge in [-0.1, -0.05) is 0 Å². The van der Waals surface area contributed by atoms with Gasteiger partial charge in [0, 0.05) is 6.42 Å². The zero-order chi connectivity index (χ0) is 19.8. The van der Waals surface area contributed by atoms with Crippen LogP contribution in [0.15, 0.2) is 6.33 Å². The Morgan fingerprint density at radius 2 is 2.11 bits per heavy atom. The second-order valence-corrected chi connectivity index (χ2v) is 8.38. The summed E-state index contributed by atoms with van der Waals surface area (Å²) in [6, 6.07) is 0. The summed E-state index contributed by atoms with van der Waals surface area (Å²) >= 11 is 0. The Bertz CT molecular complexity index is 763. The molecule has 2 aliphatic rings. The number of hydrogen-bond donors (Lipinski definition) is 7. The van der Waals surface area contributed by atoms with Gasteiger partial charge in [-0.25, -0.2) is 14.1 Å². The fourth-order valence-corrected chi connectivity index (χ4v) is 3.95. The number of anilines is 1. The SMILES string of the molecule is CNC1NCNc2c1ncn2[C@H]1C[C@H](OP(=O)(O)O)[C@@H](COP(=O)(O)O)O1. The van der Waals surface area contributed by atoms with Crippen LogP contribution in [0.3, 0.4) is 0 Å². The van der Waals surface area contributed by atoms with Crippen molar-refractivity contribution in [3.05, 3.63) is 12.0 Å². The van der Waals surface area contributed by atoms with Crippen molar-refractivity contribution in [3.8, 4) is 0 Å². The zero-order valence-corrected chi connectivity index (χ0v) is 15.9. The number of fused-ring (bicyclic) bond motifs is 1. The average Bonchev–Trinajstić information content (AvgIpc) is 3.14. The molecule has 0 amide bonds. The van der Waals surface area contributed by atoms with Crippen molar-refractivity contribution in [1.29, 1.82) is 0 Å². The average molecular weight is 429 g/mol. The molecule has 0 radical (unpaired) electrons. The normalized spacial score (nSPS) is 28.8. The number of nitrogens with zero attached hydrogens (tertiary/aromatic N) is 2. The van der Waals surface area contributed by atoms with Crippen LogP contribution in [0.1, 0.15) is 24.5 Å². The van der Waals surface area contributed by atoms with Gasteiger partial charge in [-0.3, -0.25) is 24.2 Å². The first-order chi connectivity index (χ1) is 12.6. The van der Waals surface area contributed by atoms with Crippen LogP contribution in [-0.4, -0.2) is 61.7 Å². The molecular weight excluding hydrogens is 408 g/mol. The molecule has 16 heteroatoms. The summed E-state index contributed by atoms with van der Waals surface area (Å²) in [7, 11) is -7.87. The summed E-state index contributed by atoms with van der Waals surface area (Å²) < 4.78 is 38.6. The highest BCUT2D eigenvalue weighted by atomic mass is 31.2. The van der Waals surface area contributed by atoms with Crippen LogP contribution in [0.5, 0.6) is 0 Å². The molecule has 1 aromatic heterocycles. The molecule has 2 aliphatic heterocycles. The summed E-state index contributed by atoms with van der Waals surface area (Å²) in [6.45, 7) is -0.152. The molecule has 3 rings (SSSR count). The van der Waals surface area contributed by atoms with Gasteiger partial charge in [0.2, 0.25) is 0 Å². The van der Waals surface area contributed by atoms with E-state index in [4.69, 9.17) is 28.8 Å². The van der Waals surface area contributed by atoms with Crippen LogP contribution in [0.2, 0.25) is 0 Å². The van der Waals surface area contributed by atoms with Gasteiger partial charge in [-0.05, 0) is 7.05 Å². The molecule has 27 heavy (non-hydrogen) atoms. The highest BCUT2D eigenvalue weighted by Crippen LogP contribution is 2.46. The van der Waals surface area contributed by atoms with E-state index in [0.717, 1.165) is 0 Å². The molecule has 14 nitrogen and oxygen atoms in total. The number of rotatable bonds is 7. The van der Waals surface area contributed by atoms with Gasteiger partial charge in [-0.15, -0.1) is 0 Å². The van der Waals surface area contributed by atoms with Gasteiger partial charge in [0.15, 0.2) is 0 Å². The summed E-state index contributed by atoms with van der Waals surface area (Å²) in [6.07, 6.45) is -1.65. The van der Waals surface area contributed by atoms with Crippen LogP contribution < -0.4 is 16.0 Å². The standard InChI is InChI=1S/C11H21N5O9P2/c1-12-10-9-11(14-4-13-10)16(5-15-9)8-2-6(25-27(20,21)22)7(24-8)3-23-26(17,18)19/h5-8,10,12-14H,2-4H2,1H3,(H2,17,18,19)(H2,20,21,22)/t6-,7+,8+,10?/m0/s1. The van der Waals surface area contributed by atoms with Crippen LogP contribution >= 0.6 is 15.6 Å². The number of phosphoric acid groups is 2. The fourth-order valence-electron chi connectivity index (χ4n) is 3.04. The summed E-state index contributed by atoms with van der Waals surface area (Å²) in [5.41, 5.74) is 0.676. The monoisotopic (exact) mass is 429 g/mol. The van der Waals surface area contributed by atoms with E-state index in [1.165, 1.54) is 6.33 Å². The topological polar surface area (TPSA) is 197 Å². The first kappa shape index (κ1) is 20.8. The Kier molecular flexibility index (Phi) is 6.06. The van der Waals surface area contributed by atoms with Crippen LogP contribution in [0, 0.1) is 0 Å². The molecular formula is C11H21N5O9P2. The lowest BCUT2D eigenvalue weighted by molar-refractivity contribution is -0.0423. The summed E-state index contributed by atoms with van der Waals surface area (Å²) in [5, 5.41) is 9.29. The number of hydrogen-bond acceptors (Lipinski definition) is 9. The quantitative estimate of drug-likeness (QED) is 0.259. The Morgan fingerprint density at radius 1 is 1.37 bits per heavy atom. The highest BCUT2D eigenvalue weighted by Gasteiger charge is 2.42. The Balaban J connectivity index is 1.80. The number of nitrogens with one attached hydrogen (secondary N) is 3. The summed E-state index contributed by atoms with van der Waals surface area (Å²) in [4.78, 5) is 40.2. The van der Waals surface area contributed by atoms with Gasteiger partial charge in [0.25, 0.3) is 0 Å². The molecule has 0 aliphatic carbocycles. The van der Waals surface area contributed by atoms with Crippen molar-refractivity contribution in [3.63, 3.8) is 0 Å². The summed E-state index contributed by atoms with van der Waals surface area (Å²) in [5.74, 6) is 0.643. The van der Waals surface area contributed by atoms with Crippen molar-refractivity contribution in [2.24, 2.45) is 0 Å². The maximum Gasteiger partial charge on any atom is 0.469 e. The molecule has 3 heterocycles. The zero-order valence-electron chi connectivity index (χ0n) is 14.1. The first-order valence-electron chi connectivity index (χ1n) is 7.88. The van der Waals surface area contributed by atoms with E-state index in [0.29, 0.717) is 18.2 Å². The van der Waals surface area contributed by atoms with Crippen molar-refractivity contribution in [2.45, 2.75) is 31.0 Å². The van der Waals surface area contributed by atoms with E-state index in [2.05, 4.69) is 25.5 Å². The van der Waals surface area contributed by atoms with Gasteiger partial charge in [-0.2, -0.15) is 0 Å². The van der Waals surface area contributed by atoms with Crippen LogP contribution in [0.25, 0.3) is 0 Å².